The van der Waals surface area contributed by atoms with Gasteiger partial charge in [0.15, 0.2) is 0 Å². The average Bonchev–Trinajstić information content (AvgIpc) is 3.45. The number of thioether (sulfide) groups is 1. The first-order valence-corrected chi connectivity index (χ1v) is 13.3. The van der Waals surface area contributed by atoms with E-state index in [4.69, 9.17) is 19.4 Å². The topological polar surface area (TPSA) is 72.4 Å². The Kier molecular flexibility index (Phi) is 5.40. The van der Waals surface area contributed by atoms with Gasteiger partial charge in [-0.25, -0.2) is 15.0 Å². The van der Waals surface area contributed by atoms with E-state index in [-0.39, 0.29) is 10.9 Å². The molecule has 9 heteroatoms. The van der Waals surface area contributed by atoms with Crippen LogP contribution in [0.25, 0.3) is 20.4 Å². The Morgan fingerprint density at radius 2 is 2.06 bits per heavy atom. The summed E-state index contributed by atoms with van der Waals surface area (Å²) >= 11 is 3.75. The molecule has 0 bridgehead atoms. The zero-order valence-electron chi connectivity index (χ0n) is 18.6. The third kappa shape index (κ3) is 3.73. The first-order chi connectivity index (χ1) is 15.6. The van der Waals surface area contributed by atoms with E-state index in [0.717, 1.165) is 91.2 Å². The van der Waals surface area contributed by atoms with E-state index < -0.39 is 0 Å². The Bertz CT molecular complexity index is 1150. The van der Waals surface area contributed by atoms with Crippen molar-refractivity contribution in [1.82, 2.24) is 15.0 Å². The van der Waals surface area contributed by atoms with Gasteiger partial charge >= 0.3 is 0 Å². The van der Waals surface area contributed by atoms with Crippen molar-refractivity contribution in [1.29, 1.82) is 0 Å². The highest BCUT2D eigenvalue weighted by Crippen LogP contribution is 2.47. The Hall–Kier alpha value is -1.68. The highest BCUT2D eigenvalue weighted by atomic mass is 32.2. The van der Waals surface area contributed by atoms with Gasteiger partial charge in [-0.05, 0) is 24.8 Å². The van der Waals surface area contributed by atoms with E-state index in [2.05, 4.69) is 29.0 Å². The number of morpholine rings is 1. The third-order valence-corrected chi connectivity index (χ3v) is 9.08. The van der Waals surface area contributed by atoms with Crippen molar-refractivity contribution in [2.24, 2.45) is 0 Å². The normalized spacial score (nSPS) is 23.1. The lowest BCUT2D eigenvalue weighted by atomic mass is 9.94. The minimum atomic E-state index is 0.200. The number of aromatic nitrogens is 3. The molecule has 0 saturated carbocycles. The number of anilines is 2. The number of pyridine rings is 1. The molecule has 1 atom stereocenters. The Labute approximate surface area is 196 Å². The van der Waals surface area contributed by atoms with Crippen LogP contribution in [0.15, 0.2) is 6.33 Å². The van der Waals surface area contributed by atoms with Gasteiger partial charge in [0, 0.05) is 47.7 Å². The minimum absolute atomic E-state index is 0.200. The second-order valence-corrected chi connectivity index (χ2v) is 12.1. The van der Waals surface area contributed by atoms with Crippen LogP contribution in [0.4, 0.5) is 11.6 Å². The monoisotopic (exact) mass is 471 g/mol. The van der Waals surface area contributed by atoms with Gasteiger partial charge < -0.3 is 19.7 Å². The van der Waals surface area contributed by atoms with Crippen LogP contribution in [-0.2, 0) is 21.6 Å². The number of hydrogen-bond acceptors (Lipinski definition) is 9. The van der Waals surface area contributed by atoms with Crippen LogP contribution < -0.4 is 10.2 Å². The largest absolute Gasteiger partial charge is 0.378 e. The van der Waals surface area contributed by atoms with Crippen molar-refractivity contribution in [3.8, 4) is 0 Å². The summed E-state index contributed by atoms with van der Waals surface area (Å²) in [5.41, 5.74) is 3.85. The average molecular weight is 472 g/mol. The molecule has 3 aliphatic heterocycles. The number of nitrogens with one attached hydrogen (secondary N) is 1. The highest BCUT2D eigenvalue weighted by Gasteiger charge is 2.33. The molecule has 2 saturated heterocycles. The van der Waals surface area contributed by atoms with Crippen LogP contribution in [0.1, 0.15) is 37.8 Å². The molecule has 6 heterocycles. The van der Waals surface area contributed by atoms with Crippen LogP contribution in [0, 0.1) is 0 Å². The number of rotatable bonds is 4. The zero-order chi connectivity index (χ0) is 21.7. The Morgan fingerprint density at radius 1 is 1.19 bits per heavy atom. The molecule has 170 valence electrons. The number of hydrogen-bond donors (Lipinski definition) is 1. The molecular formula is C23H29N5O2S2. The number of nitrogens with zero attached hydrogens (tertiary/aromatic N) is 4. The van der Waals surface area contributed by atoms with Gasteiger partial charge in [0.2, 0.25) is 0 Å². The molecule has 0 aromatic carbocycles. The summed E-state index contributed by atoms with van der Waals surface area (Å²) in [6, 6.07) is 0. The summed E-state index contributed by atoms with van der Waals surface area (Å²) in [7, 11) is 0. The van der Waals surface area contributed by atoms with E-state index in [0.29, 0.717) is 0 Å². The molecular weight excluding hydrogens is 442 g/mol. The number of thiophene rings is 1. The molecule has 0 aliphatic carbocycles. The SMILES string of the molecule is CC1(C)Cc2c(c(N3CCOCC3)nc3sc4c(NC[C@@H]5CCCO5)ncnc4c23)CS1. The maximum Gasteiger partial charge on any atom is 0.147 e. The molecule has 0 spiro atoms. The molecule has 3 aliphatic rings. The molecule has 7 nitrogen and oxygen atoms in total. The molecule has 1 N–H and O–H groups in total. The van der Waals surface area contributed by atoms with Crippen LogP contribution in [0.3, 0.4) is 0 Å². The molecule has 0 radical (unpaired) electrons. The van der Waals surface area contributed by atoms with Gasteiger partial charge in [-0.3, -0.25) is 0 Å². The quantitative estimate of drug-likeness (QED) is 0.606. The van der Waals surface area contributed by atoms with Crippen LogP contribution in [0.2, 0.25) is 0 Å². The molecule has 0 amide bonds. The van der Waals surface area contributed by atoms with Gasteiger partial charge in [0.05, 0.1) is 29.5 Å². The lowest BCUT2D eigenvalue weighted by molar-refractivity contribution is 0.120. The second-order valence-electron chi connectivity index (χ2n) is 9.42. The minimum Gasteiger partial charge on any atom is -0.378 e. The molecule has 0 unspecified atom stereocenters. The summed E-state index contributed by atoms with van der Waals surface area (Å²) in [5, 5.41) is 4.77. The fraction of sp³-hybridized carbons (Fsp3) is 0.609. The molecule has 6 rings (SSSR count). The molecule has 32 heavy (non-hydrogen) atoms. The summed E-state index contributed by atoms with van der Waals surface area (Å²) in [6.45, 7) is 9.68. The zero-order valence-corrected chi connectivity index (χ0v) is 20.3. The third-order valence-electron chi connectivity index (χ3n) is 6.64. The van der Waals surface area contributed by atoms with E-state index >= 15 is 0 Å². The van der Waals surface area contributed by atoms with Crippen molar-refractivity contribution in [3.05, 3.63) is 17.5 Å². The number of fused-ring (bicyclic) bond motifs is 5. The van der Waals surface area contributed by atoms with Gasteiger partial charge in [-0.2, -0.15) is 11.8 Å². The van der Waals surface area contributed by atoms with Crippen LogP contribution >= 0.6 is 23.1 Å². The predicted octanol–water partition coefficient (Wildman–Crippen LogP) is 4.23. The predicted molar refractivity (Wildman–Crippen MR) is 132 cm³/mol. The van der Waals surface area contributed by atoms with Crippen molar-refractivity contribution in [2.45, 2.75) is 49.7 Å². The van der Waals surface area contributed by atoms with Crippen LogP contribution in [-0.4, -0.2) is 65.3 Å². The Balaban J connectivity index is 1.49. The maximum absolute atomic E-state index is 5.79. The van der Waals surface area contributed by atoms with Crippen molar-refractivity contribution < 1.29 is 9.47 Å². The lowest BCUT2D eigenvalue weighted by Gasteiger charge is -2.35. The van der Waals surface area contributed by atoms with Crippen molar-refractivity contribution in [2.75, 3.05) is 49.7 Å². The van der Waals surface area contributed by atoms with E-state index in [9.17, 15) is 0 Å². The van der Waals surface area contributed by atoms with E-state index in [1.807, 2.05) is 11.8 Å². The number of ether oxygens (including phenoxy) is 2. The first-order valence-electron chi connectivity index (χ1n) is 11.5. The molecule has 3 aromatic rings. The highest BCUT2D eigenvalue weighted by molar-refractivity contribution is 7.99. The fourth-order valence-corrected chi connectivity index (χ4v) is 7.17. The summed E-state index contributed by atoms with van der Waals surface area (Å²) in [5.74, 6) is 3.04. The van der Waals surface area contributed by atoms with Crippen molar-refractivity contribution >= 4 is 55.2 Å². The van der Waals surface area contributed by atoms with E-state index in [1.165, 1.54) is 16.5 Å². The van der Waals surface area contributed by atoms with Gasteiger partial charge in [0.25, 0.3) is 0 Å². The van der Waals surface area contributed by atoms with E-state index in [1.54, 1.807) is 17.7 Å². The standard InChI is InChI=1S/C23H29N5O2S2/c1-23(2)10-15-16(12-31-23)21(28-5-8-29-9-6-28)27-22-17(15)18-19(32-22)20(26-13-25-18)24-11-14-4-3-7-30-14/h13-14H,3-12H2,1-2H3,(H,24,25,26)/t14-/m0/s1. The van der Waals surface area contributed by atoms with Gasteiger partial charge in [-0.15, -0.1) is 11.3 Å². The molecule has 2 fully saturated rings. The molecule has 3 aromatic heterocycles. The smallest absolute Gasteiger partial charge is 0.147 e. The van der Waals surface area contributed by atoms with Gasteiger partial charge in [0.1, 0.15) is 22.8 Å². The Morgan fingerprint density at radius 3 is 2.88 bits per heavy atom. The summed E-state index contributed by atoms with van der Waals surface area (Å²) < 4.78 is 12.7. The van der Waals surface area contributed by atoms with Crippen LogP contribution in [0.5, 0.6) is 0 Å². The summed E-state index contributed by atoms with van der Waals surface area (Å²) in [4.78, 5) is 18.1. The maximum atomic E-state index is 5.79. The fourth-order valence-electron chi connectivity index (χ4n) is 4.97. The second kappa shape index (κ2) is 8.27. The lowest BCUT2D eigenvalue weighted by Crippen LogP contribution is -2.38. The summed E-state index contributed by atoms with van der Waals surface area (Å²) in [6.07, 6.45) is 5.24. The first kappa shape index (κ1) is 20.9. The van der Waals surface area contributed by atoms with Crippen molar-refractivity contribution in [3.63, 3.8) is 0 Å². The van der Waals surface area contributed by atoms with Gasteiger partial charge in [-0.1, -0.05) is 13.8 Å².